The second kappa shape index (κ2) is 11.6. The monoisotopic (exact) mass is 474 g/mol. The first-order chi connectivity index (χ1) is 17.1. The number of hydrogen-bond acceptors (Lipinski definition) is 9. The second-order valence-corrected chi connectivity index (χ2v) is 8.40. The summed E-state index contributed by atoms with van der Waals surface area (Å²) in [6.45, 7) is 3.62. The molecule has 0 amide bonds. The molecule has 0 atom stereocenters. The number of carbonyl (C=O) groups is 2. The summed E-state index contributed by atoms with van der Waals surface area (Å²) in [6.07, 6.45) is 6.37. The van der Waals surface area contributed by atoms with Crippen LogP contribution in [0.3, 0.4) is 0 Å². The topological polar surface area (TPSA) is 123 Å². The Morgan fingerprint density at radius 2 is 1.86 bits per heavy atom. The van der Waals surface area contributed by atoms with Gasteiger partial charge in [0, 0.05) is 60.7 Å². The third-order valence-corrected chi connectivity index (χ3v) is 5.98. The van der Waals surface area contributed by atoms with Gasteiger partial charge in [-0.05, 0) is 26.1 Å². The van der Waals surface area contributed by atoms with Crippen molar-refractivity contribution >= 4 is 23.1 Å². The fraction of sp³-hybridized carbons (Fsp3) is 0.346. The summed E-state index contributed by atoms with van der Waals surface area (Å²) in [4.78, 5) is 40.7. The van der Waals surface area contributed by atoms with E-state index in [1.54, 1.807) is 30.7 Å². The van der Waals surface area contributed by atoms with Gasteiger partial charge in [0.05, 0.1) is 25.1 Å². The summed E-state index contributed by atoms with van der Waals surface area (Å²) in [5, 5.41) is 3.04. The molecular formula is C26H30N6O3. The minimum Gasteiger partial charge on any atom is -0.382 e. The predicted octanol–water partition coefficient (Wildman–Crippen LogP) is 2.57. The standard InChI is InChI=1S/C26H30N6O3/c1-28-9-2-3-23(33)19-6-4-18(5-7-19)21-17-30-26(27)25(31-21)24(34)15-20-16-29-10-8-22(20)32-11-13-35-14-12-32/h4-8,10,16-17,28H,2-3,9,11-15H2,1H3,(H2,27,30). The van der Waals surface area contributed by atoms with Crippen molar-refractivity contribution in [2.75, 3.05) is 50.5 Å². The van der Waals surface area contributed by atoms with Crippen molar-refractivity contribution in [3.63, 3.8) is 0 Å². The highest BCUT2D eigenvalue weighted by Gasteiger charge is 2.20. The number of morpholine rings is 1. The van der Waals surface area contributed by atoms with Crippen molar-refractivity contribution in [2.45, 2.75) is 19.3 Å². The van der Waals surface area contributed by atoms with Crippen LogP contribution in [0.25, 0.3) is 11.3 Å². The van der Waals surface area contributed by atoms with Crippen LogP contribution in [0.1, 0.15) is 39.3 Å². The van der Waals surface area contributed by atoms with Crippen LogP contribution in [0.2, 0.25) is 0 Å². The molecule has 0 aliphatic carbocycles. The largest absolute Gasteiger partial charge is 0.382 e. The Kier molecular flexibility index (Phi) is 8.12. The van der Waals surface area contributed by atoms with Crippen molar-refractivity contribution in [3.8, 4) is 11.3 Å². The first-order valence-corrected chi connectivity index (χ1v) is 11.8. The van der Waals surface area contributed by atoms with Crippen LogP contribution in [0.4, 0.5) is 11.5 Å². The molecule has 0 saturated carbocycles. The average molecular weight is 475 g/mol. The molecule has 0 radical (unpaired) electrons. The molecular weight excluding hydrogens is 444 g/mol. The van der Waals surface area contributed by atoms with Gasteiger partial charge in [-0.3, -0.25) is 14.6 Å². The Hall–Kier alpha value is -3.69. The highest BCUT2D eigenvalue weighted by atomic mass is 16.5. The molecule has 0 unspecified atom stereocenters. The lowest BCUT2D eigenvalue weighted by atomic mass is 10.0. The van der Waals surface area contributed by atoms with E-state index in [1.807, 2.05) is 25.2 Å². The SMILES string of the molecule is CNCCCC(=O)c1ccc(-c2cnc(N)c(C(=O)Cc3cnccc3N3CCOCC3)n2)cc1. The Morgan fingerprint density at radius 3 is 2.60 bits per heavy atom. The van der Waals surface area contributed by atoms with Gasteiger partial charge in [-0.2, -0.15) is 0 Å². The number of nitrogens with one attached hydrogen (secondary N) is 1. The number of nitrogens with zero attached hydrogens (tertiary/aromatic N) is 4. The molecule has 35 heavy (non-hydrogen) atoms. The number of rotatable bonds is 10. The minimum absolute atomic E-state index is 0.0897. The lowest BCUT2D eigenvalue weighted by Gasteiger charge is -2.30. The Balaban J connectivity index is 1.51. The van der Waals surface area contributed by atoms with Crippen molar-refractivity contribution in [2.24, 2.45) is 0 Å². The van der Waals surface area contributed by atoms with Crippen LogP contribution in [-0.2, 0) is 11.2 Å². The van der Waals surface area contributed by atoms with Crippen LogP contribution in [0.15, 0.2) is 48.9 Å². The van der Waals surface area contributed by atoms with Crippen molar-refractivity contribution < 1.29 is 14.3 Å². The number of aromatic nitrogens is 3. The fourth-order valence-corrected chi connectivity index (χ4v) is 4.07. The van der Waals surface area contributed by atoms with Gasteiger partial charge in [0.25, 0.3) is 0 Å². The predicted molar refractivity (Wildman–Crippen MR) is 135 cm³/mol. The highest BCUT2D eigenvalue weighted by molar-refractivity contribution is 6.00. The normalized spacial score (nSPS) is 13.6. The average Bonchev–Trinajstić information content (AvgIpc) is 2.90. The van der Waals surface area contributed by atoms with Crippen molar-refractivity contribution in [1.29, 1.82) is 0 Å². The van der Waals surface area contributed by atoms with Crippen LogP contribution >= 0.6 is 0 Å². The molecule has 1 aromatic carbocycles. The molecule has 0 bridgehead atoms. The van der Waals surface area contributed by atoms with Gasteiger partial charge < -0.3 is 20.7 Å². The number of ether oxygens (including phenoxy) is 1. The molecule has 4 rings (SSSR count). The highest BCUT2D eigenvalue weighted by Crippen LogP contribution is 2.24. The lowest BCUT2D eigenvalue weighted by Crippen LogP contribution is -2.37. The molecule has 2 aromatic heterocycles. The number of hydrogen-bond donors (Lipinski definition) is 2. The van der Waals surface area contributed by atoms with Gasteiger partial charge in [-0.15, -0.1) is 0 Å². The maximum absolute atomic E-state index is 13.2. The Labute approximate surface area is 204 Å². The number of benzene rings is 1. The minimum atomic E-state index is -0.226. The quantitative estimate of drug-likeness (QED) is 0.337. The number of nitrogens with two attached hydrogens (primary N) is 1. The molecule has 3 N–H and O–H groups in total. The third kappa shape index (κ3) is 6.06. The smallest absolute Gasteiger partial charge is 0.189 e. The maximum Gasteiger partial charge on any atom is 0.189 e. The van der Waals surface area contributed by atoms with Crippen LogP contribution < -0.4 is 16.0 Å². The van der Waals surface area contributed by atoms with Gasteiger partial charge in [-0.25, -0.2) is 9.97 Å². The Bertz CT molecular complexity index is 1180. The third-order valence-electron chi connectivity index (χ3n) is 5.98. The van der Waals surface area contributed by atoms with E-state index in [2.05, 4.69) is 25.2 Å². The van der Waals surface area contributed by atoms with E-state index < -0.39 is 0 Å². The molecule has 9 nitrogen and oxygen atoms in total. The van der Waals surface area contributed by atoms with E-state index in [0.717, 1.165) is 42.9 Å². The van der Waals surface area contributed by atoms with E-state index in [0.29, 0.717) is 30.9 Å². The summed E-state index contributed by atoms with van der Waals surface area (Å²) >= 11 is 0. The first kappa shape index (κ1) is 24.4. The number of nitrogen functional groups attached to an aromatic ring is 1. The van der Waals surface area contributed by atoms with Crippen molar-refractivity contribution in [3.05, 3.63) is 65.7 Å². The zero-order valence-electron chi connectivity index (χ0n) is 19.9. The molecule has 9 heteroatoms. The number of ketones is 2. The molecule has 1 aliphatic heterocycles. The van der Waals surface area contributed by atoms with Crippen molar-refractivity contribution in [1.82, 2.24) is 20.3 Å². The molecule has 3 heterocycles. The first-order valence-electron chi connectivity index (χ1n) is 11.8. The molecule has 1 saturated heterocycles. The lowest BCUT2D eigenvalue weighted by molar-refractivity contribution is 0.0975. The van der Waals surface area contributed by atoms with Crippen LogP contribution in [0, 0.1) is 0 Å². The molecule has 1 fully saturated rings. The zero-order valence-corrected chi connectivity index (χ0v) is 19.9. The summed E-state index contributed by atoms with van der Waals surface area (Å²) in [5.41, 5.74) is 9.88. The summed E-state index contributed by atoms with van der Waals surface area (Å²) in [5.74, 6) is -0.0406. The van der Waals surface area contributed by atoms with E-state index >= 15 is 0 Å². The fourth-order valence-electron chi connectivity index (χ4n) is 4.07. The van der Waals surface area contributed by atoms with E-state index in [-0.39, 0.29) is 29.5 Å². The van der Waals surface area contributed by atoms with Gasteiger partial charge in [-0.1, -0.05) is 24.3 Å². The van der Waals surface area contributed by atoms with Gasteiger partial charge >= 0.3 is 0 Å². The Morgan fingerprint density at radius 1 is 1.09 bits per heavy atom. The maximum atomic E-state index is 13.2. The summed E-state index contributed by atoms with van der Waals surface area (Å²) < 4.78 is 5.44. The summed E-state index contributed by atoms with van der Waals surface area (Å²) in [6, 6.07) is 9.11. The number of Topliss-reactive ketones (excluding diaryl/α,β-unsaturated/α-hetero) is 2. The van der Waals surface area contributed by atoms with E-state index in [1.165, 1.54) is 0 Å². The number of carbonyl (C=O) groups excluding carboxylic acids is 2. The molecule has 1 aliphatic rings. The number of pyridine rings is 1. The second-order valence-electron chi connectivity index (χ2n) is 8.40. The summed E-state index contributed by atoms with van der Waals surface area (Å²) in [7, 11) is 1.87. The molecule has 182 valence electrons. The van der Waals surface area contributed by atoms with Crippen LogP contribution in [-0.4, -0.2) is 66.4 Å². The number of anilines is 2. The van der Waals surface area contributed by atoms with Gasteiger partial charge in [0.2, 0.25) is 0 Å². The van der Waals surface area contributed by atoms with E-state index in [4.69, 9.17) is 10.5 Å². The van der Waals surface area contributed by atoms with Crippen LogP contribution in [0.5, 0.6) is 0 Å². The molecule has 3 aromatic rings. The molecule has 0 spiro atoms. The van der Waals surface area contributed by atoms with Gasteiger partial charge in [0.15, 0.2) is 17.4 Å². The zero-order chi connectivity index (χ0) is 24.6. The van der Waals surface area contributed by atoms with E-state index in [9.17, 15) is 9.59 Å². The van der Waals surface area contributed by atoms with Gasteiger partial charge in [0.1, 0.15) is 5.69 Å².